The Morgan fingerprint density at radius 1 is 1.38 bits per heavy atom. The van der Waals surface area contributed by atoms with E-state index in [-0.39, 0.29) is 30.4 Å². The predicted octanol–water partition coefficient (Wildman–Crippen LogP) is 1.46. The zero-order valence-electron chi connectivity index (χ0n) is 12.9. The molecule has 1 aromatic heterocycles. The average Bonchev–Trinajstić information content (AvgIpc) is 3.04. The highest BCUT2D eigenvalue weighted by Gasteiger charge is 2.50. The van der Waals surface area contributed by atoms with E-state index in [9.17, 15) is 17.6 Å². The molecule has 0 unspecified atom stereocenters. The fourth-order valence-corrected chi connectivity index (χ4v) is 3.94. The van der Waals surface area contributed by atoms with Gasteiger partial charge < -0.3 is 4.74 Å². The molecule has 0 saturated carbocycles. The quantitative estimate of drug-likeness (QED) is 0.822. The zero-order valence-corrected chi connectivity index (χ0v) is 13.7. The number of carbonyl (C=O) groups excluding carboxylic acids is 1. The summed E-state index contributed by atoms with van der Waals surface area (Å²) in [5.41, 5.74) is -1.41. The number of hydrogen-bond acceptors (Lipinski definition) is 5. The van der Waals surface area contributed by atoms with Gasteiger partial charge in [-0.3, -0.25) is 5.10 Å². The van der Waals surface area contributed by atoms with E-state index in [1.165, 1.54) is 0 Å². The third-order valence-electron chi connectivity index (χ3n) is 3.80. The summed E-state index contributed by atoms with van der Waals surface area (Å²) >= 11 is 0. The van der Waals surface area contributed by atoms with Crippen LogP contribution in [0.3, 0.4) is 0 Å². The minimum atomic E-state index is -3.94. The van der Waals surface area contributed by atoms with Gasteiger partial charge in [0.2, 0.25) is 0 Å². The van der Waals surface area contributed by atoms with Gasteiger partial charge >= 0.3 is 5.97 Å². The first-order valence-electron chi connectivity index (χ1n) is 7.34. The van der Waals surface area contributed by atoms with E-state index < -0.39 is 21.7 Å². The van der Waals surface area contributed by atoms with E-state index >= 15 is 0 Å². The fourth-order valence-electron chi connectivity index (χ4n) is 2.49. The first kappa shape index (κ1) is 16.6. The smallest absolute Gasteiger partial charge is 0.358 e. The van der Waals surface area contributed by atoms with Crippen molar-refractivity contribution in [3.05, 3.63) is 47.7 Å². The maximum Gasteiger partial charge on any atom is 0.358 e. The van der Waals surface area contributed by atoms with Gasteiger partial charge in [0, 0.05) is 6.07 Å². The Morgan fingerprint density at radius 3 is 2.67 bits per heavy atom. The Bertz CT molecular complexity index is 845. The molecule has 1 N–H and O–H groups in total. The molecule has 0 amide bonds. The number of rotatable bonds is 5. The van der Waals surface area contributed by atoms with Crippen molar-refractivity contribution in [1.29, 1.82) is 0 Å². The summed E-state index contributed by atoms with van der Waals surface area (Å²) in [5.74, 6) is -0.720. The van der Waals surface area contributed by atoms with Crippen LogP contribution in [0.2, 0.25) is 0 Å². The van der Waals surface area contributed by atoms with Crippen LogP contribution in [0.4, 0.5) is 4.39 Å². The molecule has 1 aliphatic rings. The summed E-state index contributed by atoms with van der Waals surface area (Å²) in [6.45, 7) is 1.22. The number of esters is 1. The second-order valence-electron chi connectivity index (χ2n) is 5.44. The summed E-state index contributed by atoms with van der Waals surface area (Å²) in [5, 5.41) is 5.67. The van der Waals surface area contributed by atoms with Gasteiger partial charge in [0.05, 0.1) is 19.7 Å². The molecule has 0 radical (unpaired) electrons. The molecule has 2 heterocycles. The fraction of sp³-hybridized carbons (Fsp3) is 0.333. The molecule has 0 spiro atoms. The minimum absolute atomic E-state index is 0.134. The van der Waals surface area contributed by atoms with Crippen LogP contribution < -0.4 is 0 Å². The molecular formula is C15H16FN3O4S. The maximum atomic E-state index is 14.8. The molecule has 1 aromatic carbocycles. The summed E-state index contributed by atoms with van der Waals surface area (Å²) in [6.07, 6.45) is 0. The topological polar surface area (TPSA) is 92.4 Å². The molecule has 9 heteroatoms. The van der Waals surface area contributed by atoms with Gasteiger partial charge in [-0.25, -0.2) is 17.6 Å². The molecule has 1 saturated heterocycles. The lowest BCUT2D eigenvalue weighted by atomic mass is 9.90. The second kappa shape index (κ2) is 5.99. The lowest BCUT2D eigenvalue weighted by Crippen LogP contribution is -2.58. The maximum absolute atomic E-state index is 14.8. The normalized spacial score (nSPS) is 17.2. The molecule has 24 heavy (non-hydrogen) atoms. The predicted molar refractivity (Wildman–Crippen MR) is 82.5 cm³/mol. The monoisotopic (exact) mass is 353 g/mol. The van der Waals surface area contributed by atoms with Crippen LogP contribution in [-0.4, -0.2) is 48.6 Å². The Kier molecular flexibility index (Phi) is 4.14. The number of nitrogens with zero attached hydrogens (tertiary/aromatic N) is 2. The van der Waals surface area contributed by atoms with Gasteiger partial charge in [-0.2, -0.15) is 9.40 Å². The van der Waals surface area contributed by atoms with Crippen molar-refractivity contribution in [2.45, 2.75) is 17.6 Å². The van der Waals surface area contributed by atoms with Crippen molar-refractivity contribution in [3.8, 4) is 0 Å². The number of ether oxygens (including phenoxy) is 1. The molecule has 1 aliphatic heterocycles. The van der Waals surface area contributed by atoms with Crippen molar-refractivity contribution in [2.24, 2.45) is 0 Å². The first-order chi connectivity index (χ1) is 11.4. The van der Waals surface area contributed by atoms with Crippen LogP contribution in [0.15, 0.2) is 41.4 Å². The number of aromatic amines is 1. The van der Waals surface area contributed by atoms with Crippen LogP contribution in [0.5, 0.6) is 0 Å². The number of benzene rings is 1. The Labute approximate surface area is 138 Å². The molecule has 2 aromatic rings. The Morgan fingerprint density at radius 2 is 2.04 bits per heavy atom. The number of hydrogen-bond donors (Lipinski definition) is 1. The number of nitrogens with one attached hydrogen (secondary N) is 1. The van der Waals surface area contributed by atoms with E-state index in [1.807, 2.05) is 0 Å². The van der Waals surface area contributed by atoms with Gasteiger partial charge in [-0.15, -0.1) is 0 Å². The van der Waals surface area contributed by atoms with Crippen LogP contribution in [0.25, 0.3) is 0 Å². The van der Waals surface area contributed by atoms with Crippen molar-refractivity contribution in [3.63, 3.8) is 0 Å². The van der Waals surface area contributed by atoms with Gasteiger partial charge in [-0.05, 0) is 12.5 Å². The molecule has 0 atom stereocenters. The van der Waals surface area contributed by atoms with E-state index in [0.717, 1.165) is 10.4 Å². The average molecular weight is 353 g/mol. The lowest BCUT2D eigenvalue weighted by molar-refractivity contribution is 0.0178. The third kappa shape index (κ3) is 2.80. The number of H-pyrrole nitrogens is 1. The van der Waals surface area contributed by atoms with Crippen LogP contribution >= 0.6 is 0 Å². The van der Waals surface area contributed by atoms with Crippen molar-refractivity contribution < 1.29 is 22.3 Å². The Balaban J connectivity index is 1.75. The standard InChI is InChI=1S/C15H16FN3O4S/c1-2-23-14(20)12-8-13(18-17-12)24(21,22)19-9-15(16,10-19)11-6-4-3-5-7-11/h3-8H,2,9-10H2,1H3,(H,17,18). The summed E-state index contributed by atoms with van der Waals surface area (Å²) in [7, 11) is -3.94. The number of halogens is 1. The van der Waals surface area contributed by atoms with Crippen molar-refractivity contribution in [2.75, 3.05) is 19.7 Å². The molecule has 1 fully saturated rings. The van der Waals surface area contributed by atoms with Crippen molar-refractivity contribution >= 4 is 16.0 Å². The third-order valence-corrected chi connectivity index (χ3v) is 5.50. The number of sulfonamides is 1. The first-order valence-corrected chi connectivity index (χ1v) is 8.78. The van der Waals surface area contributed by atoms with E-state index in [2.05, 4.69) is 10.2 Å². The minimum Gasteiger partial charge on any atom is -0.461 e. The van der Waals surface area contributed by atoms with Gasteiger partial charge in [0.25, 0.3) is 10.0 Å². The van der Waals surface area contributed by atoms with Gasteiger partial charge in [0.15, 0.2) is 16.4 Å². The molecule has 3 rings (SSSR count). The van der Waals surface area contributed by atoms with Gasteiger partial charge in [-0.1, -0.05) is 30.3 Å². The highest BCUT2D eigenvalue weighted by atomic mass is 32.2. The summed E-state index contributed by atoms with van der Waals surface area (Å²) in [4.78, 5) is 11.6. The second-order valence-corrected chi connectivity index (χ2v) is 7.35. The Hall–Kier alpha value is -2.26. The van der Waals surface area contributed by atoms with Crippen molar-refractivity contribution in [1.82, 2.24) is 14.5 Å². The summed E-state index contributed by atoms with van der Waals surface area (Å²) in [6, 6.07) is 9.51. The molecule has 7 nitrogen and oxygen atoms in total. The number of carbonyl (C=O) groups is 1. The van der Waals surface area contributed by atoms with E-state index in [1.54, 1.807) is 37.3 Å². The highest BCUT2D eigenvalue weighted by molar-refractivity contribution is 7.89. The van der Waals surface area contributed by atoms with E-state index in [0.29, 0.717) is 5.56 Å². The number of aromatic nitrogens is 2. The largest absolute Gasteiger partial charge is 0.461 e. The van der Waals surface area contributed by atoms with E-state index in [4.69, 9.17) is 4.74 Å². The van der Waals surface area contributed by atoms with Gasteiger partial charge in [0.1, 0.15) is 0 Å². The van der Waals surface area contributed by atoms with Crippen LogP contribution in [-0.2, 0) is 20.4 Å². The van der Waals surface area contributed by atoms with Crippen LogP contribution in [0.1, 0.15) is 23.0 Å². The molecule has 0 bridgehead atoms. The summed E-state index contributed by atoms with van der Waals surface area (Å²) < 4.78 is 45.4. The van der Waals surface area contributed by atoms with Crippen LogP contribution in [0, 0.1) is 0 Å². The molecular weight excluding hydrogens is 337 g/mol. The molecule has 0 aliphatic carbocycles. The molecule has 128 valence electrons. The zero-order chi connectivity index (χ0) is 17.4. The lowest BCUT2D eigenvalue weighted by Gasteiger charge is -2.43. The highest BCUT2D eigenvalue weighted by Crippen LogP contribution is 2.38. The number of alkyl halides is 1. The SMILES string of the molecule is CCOC(=O)c1cc(S(=O)(=O)N2CC(F)(c3ccccc3)C2)[nH]n1.